The topological polar surface area (TPSA) is 28.7 Å². The van der Waals surface area contributed by atoms with Crippen molar-refractivity contribution in [3.63, 3.8) is 0 Å². The molecule has 0 spiro atoms. The van der Waals surface area contributed by atoms with Crippen molar-refractivity contribution >= 4 is 16.5 Å². The van der Waals surface area contributed by atoms with E-state index in [0.717, 1.165) is 16.6 Å². The number of aromatic nitrogens is 1. The zero-order chi connectivity index (χ0) is 12.6. The lowest BCUT2D eigenvalue weighted by molar-refractivity contribution is 0.948. The van der Waals surface area contributed by atoms with Crippen LogP contribution in [0.3, 0.4) is 0 Å². The van der Waals surface area contributed by atoms with Crippen molar-refractivity contribution in [1.82, 2.24) is 4.57 Å². The summed E-state index contributed by atoms with van der Waals surface area (Å²) in [4.78, 5) is 0. The standard InChI is InChI=1S/C15H14N2/c1-10-5-6-13-8-14(12(3)11(2)9-16)17(4)15(13)7-10/h5-8H,2-3H2,1,4H3. The number of hydrogen-bond acceptors (Lipinski definition) is 1. The number of benzene rings is 1. The number of allylic oxidation sites excluding steroid dienone is 2. The van der Waals surface area contributed by atoms with Gasteiger partial charge in [0.15, 0.2) is 0 Å². The third-order valence-corrected chi connectivity index (χ3v) is 3.01. The highest BCUT2D eigenvalue weighted by Crippen LogP contribution is 2.27. The van der Waals surface area contributed by atoms with E-state index < -0.39 is 0 Å². The van der Waals surface area contributed by atoms with Gasteiger partial charge in [-0.15, -0.1) is 0 Å². The number of fused-ring (bicyclic) bond motifs is 1. The quantitative estimate of drug-likeness (QED) is 0.564. The smallest absolute Gasteiger partial charge is 0.0992 e. The van der Waals surface area contributed by atoms with E-state index in [0.29, 0.717) is 11.1 Å². The van der Waals surface area contributed by atoms with Crippen molar-refractivity contribution in [2.75, 3.05) is 0 Å². The van der Waals surface area contributed by atoms with Crippen LogP contribution < -0.4 is 0 Å². The summed E-state index contributed by atoms with van der Waals surface area (Å²) in [6.07, 6.45) is 0. The maximum atomic E-state index is 8.86. The van der Waals surface area contributed by atoms with Gasteiger partial charge in [-0.3, -0.25) is 0 Å². The molecule has 0 saturated heterocycles. The zero-order valence-corrected chi connectivity index (χ0v) is 10.1. The molecule has 0 aliphatic rings. The van der Waals surface area contributed by atoms with Crippen molar-refractivity contribution in [2.45, 2.75) is 6.92 Å². The molecule has 2 heteroatoms. The first-order chi connectivity index (χ1) is 8.04. The molecule has 0 amide bonds. The van der Waals surface area contributed by atoms with E-state index in [9.17, 15) is 0 Å². The maximum absolute atomic E-state index is 8.86. The van der Waals surface area contributed by atoms with Gasteiger partial charge in [-0.05, 0) is 24.6 Å². The van der Waals surface area contributed by atoms with Gasteiger partial charge in [0.25, 0.3) is 0 Å². The Hall–Kier alpha value is -2.27. The van der Waals surface area contributed by atoms with Crippen LogP contribution in [0.4, 0.5) is 0 Å². The summed E-state index contributed by atoms with van der Waals surface area (Å²) in [5, 5.41) is 10.0. The summed E-state index contributed by atoms with van der Waals surface area (Å²) in [7, 11) is 1.98. The molecular weight excluding hydrogens is 208 g/mol. The Kier molecular flexibility index (Phi) is 2.61. The SMILES string of the molecule is C=C(C#N)C(=C)c1cc2ccc(C)cc2n1C. The van der Waals surface area contributed by atoms with Crippen LogP contribution >= 0.6 is 0 Å². The van der Waals surface area contributed by atoms with Crippen LogP contribution in [0.1, 0.15) is 11.3 Å². The molecule has 84 valence electrons. The highest BCUT2D eigenvalue weighted by atomic mass is 14.9. The maximum Gasteiger partial charge on any atom is 0.0992 e. The second kappa shape index (κ2) is 3.95. The minimum atomic E-state index is 0.410. The molecule has 1 aromatic carbocycles. The summed E-state index contributed by atoms with van der Waals surface area (Å²) in [5.41, 5.74) is 4.40. The Morgan fingerprint density at radius 3 is 2.65 bits per heavy atom. The van der Waals surface area contributed by atoms with Crippen LogP contribution in [0, 0.1) is 18.3 Å². The molecule has 0 atom stereocenters. The summed E-state index contributed by atoms with van der Waals surface area (Å²) in [5.74, 6) is 0. The van der Waals surface area contributed by atoms with Crippen LogP contribution in [0.2, 0.25) is 0 Å². The number of nitrogens with zero attached hydrogens (tertiary/aromatic N) is 2. The molecule has 0 bridgehead atoms. The molecule has 2 rings (SSSR count). The average Bonchev–Trinajstić information content (AvgIpc) is 2.65. The monoisotopic (exact) mass is 222 g/mol. The lowest BCUT2D eigenvalue weighted by atomic mass is 10.1. The third kappa shape index (κ3) is 1.76. The van der Waals surface area contributed by atoms with Gasteiger partial charge in [0, 0.05) is 29.2 Å². The molecule has 1 aromatic heterocycles. The van der Waals surface area contributed by atoms with Crippen molar-refractivity contribution in [3.8, 4) is 6.07 Å². The lowest BCUT2D eigenvalue weighted by Gasteiger charge is -2.05. The van der Waals surface area contributed by atoms with Crippen LogP contribution in [0.15, 0.2) is 43.0 Å². The molecule has 2 nitrogen and oxygen atoms in total. The van der Waals surface area contributed by atoms with Gasteiger partial charge in [-0.1, -0.05) is 25.3 Å². The zero-order valence-electron chi connectivity index (χ0n) is 10.1. The van der Waals surface area contributed by atoms with Gasteiger partial charge in [-0.2, -0.15) is 5.26 Å². The highest BCUT2D eigenvalue weighted by molar-refractivity contribution is 5.89. The molecule has 0 fully saturated rings. The third-order valence-electron chi connectivity index (χ3n) is 3.01. The molecule has 0 aliphatic heterocycles. The first-order valence-corrected chi connectivity index (χ1v) is 5.39. The van der Waals surface area contributed by atoms with Crippen molar-refractivity contribution in [1.29, 1.82) is 5.26 Å². The van der Waals surface area contributed by atoms with E-state index >= 15 is 0 Å². The molecule has 0 aliphatic carbocycles. The normalized spacial score (nSPS) is 10.2. The molecule has 1 heterocycles. The number of rotatable bonds is 2. The molecule has 0 saturated carbocycles. The molecule has 0 N–H and O–H groups in total. The summed E-state index contributed by atoms with van der Waals surface area (Å²) in [6, 6.07) is 10.4. The van der Waals surface area contributed by atoms with Gasteiger partial charge in [0.05, 0.1) is 11.6 Å². The predicted octanol–water partition coefficient (Wildman–Crippen LogP) is 3.58. The molecule has 0 radical (unpaired) electrons. The average molecular weight is 222 g/mol. The van der Waals surface area contributed by atoms with Crippen molar-refractivity contribution in [2.24, 2.45) is 7.05 Å². The number of aryl methyl sites for hydroxylation is 2. The van der Waals surface area contributed by atoms with Gasteiger partial charge >= 0.3 is 0 Å². The molecule has 0 unspecified atom stereocenters. The largest absolute Gasteiger partial charge is 0.344 e. The second-order valence-corrected chi connectivity index (χ2v) is 4.22. The van der Waals surface area contributed by atoms with E-state index in [1.54, 1.807) is 0 Å². The Morgan fingerprint density at radius 2 is 2.00 bits per heavy atom. The Balaban J connectivity index is 2.65. The minimum Gasteiger partial charge on any atom is -0.344 e. The fourth-order valence-corrected chi connectivity index (χ4v) is 1.95. The number of nitriles is 1. The number of hydrogen-bond donors (Lipinski definition) is 0. The van der Waals surface area contributed by atoms with Crippen molar-refractivity contribution < 1.29 is 0 Å². The van der Waals surface area contributed by atoms with Crippen LogP contribution in [0.25, 0.3) is 16.5 Å². The highest BCUT2D eigenvalue weighted by Gasteiger charge is 2.10. The van der Waals surface area contributed by atoms with Crippen LogP contribution in [0.5, 0.6) is 0 Å². The first kappa shape index (κ1) is 11.2. The van der Waals surface area contributed by atoms with Gasteiger partial charge < -0.3 is 4.57 Å². The molecular formula is C15H14N2. The van der Waals surface area contributed by atoms with E-state index in [1.807, 2.05) is 23.8 Å². The van der Waals surface area contributed by atoms with Gasteiger partial charge in [-0.25, -0.2) is 0 Å². The van der Waals surface area contributed by atoms with E-state index in [2.05, 4.69) is 38.3 Å². The fraction of sp³-hybridized carbons (Fsp3) is 0.133. The van der Waals surface area contributed by atoms with Gasteiger partial charge in [0.2, 0.25) is 0 Å². The Bertz CT molecular complexity index is 666. The summed E-state index contributed by atoms with van der Waals surface area (Å²) in [6.45, 7) is 9.70. The second-order valence-electron chi connectivity index (χ2n) is 4.22. The van der Waals surface area contributed by atoms with Gasteiger partial charge in [0.1, 0.15) is 0 Å². The minimum absolute atomic E-state index is 0.410. The Morgan fingerprint density at radius 1 is 1.29 bits per heavy atom. The first-order valence-electron chi connectivity index (χ1n) is 5.39. The lowest BCUT2D eigenvalue weighted by Crippen LogP contribution is -1.95. The van der Waals surface area contributed by atoms with Crippen molar-refractivity contribution in [3.05, 3.63) is 54.3 Å². The van der Waals surface area contributed by atoms with E-state index in [1.165, 1.54) is 5.56 Å². The fourth-order valence-electron chi connectivity index (χ4n) is 1.95. The Labute approximate surface area is 101 Å². The summed E-state index contributed by atoms with van der Waals surface area (Å²) >= 11 is 0. The summed E-state index contributed by atoms with van der Waals surface area (Å²) < 4.78 is 2.05. The van der Waals surface area contributed by atoms with Crippen LogP contribution in [-0.2, 0) is 7.05 Å². The van der Waals surface area contributed by atoms with E-state index in [-0.39, 0.29) is 0 Å². The van der Waals surface area contributed by atoms with Crippen LogP contribution in [-0.4, -0.2) is 4.57 Å². The van der Waals surface area contributed by atoms with E-state index in [4.69, 9.17) is 5.26 Å². The molecule has 2 aromatic rings. The molecule has 17 heavy (non-hydrogen) atoms. The predicted molar refractivity (Wildman–Crippen MR) is 71.4 cm³/mol.